The zero-order chi connectivity index (χ0) is 24.6. The lowest BCUT2D eigenvalue weighted by molar-refractivity contribution is 0.0527. The van der Waals surface area contributed by atoms with Gasteiger partial charge in [0.15, 0.2) is 0 Å². The Morgan fingerprint density at radius 1 is 0.686 bits per heavy atom. The Morgan fingerprint density at radius 2 is 1.14 bits per heavy atom. The first-order chi connectivity index (χ1) is 16.9. The molecule has 0 aliphatic heterocycles. The topological polar surface area (TPSA) is 77.5 Å². The highest BCUT2D eigenvalue weighted by Crippen LogP contribution is 2.43. The summed E-state index contributed by atoms with van der Waals surface area (Å²) in [6.07, 6.45) is 1.21. The minimum Gasteiger partial charge on any atom is -0.378 e. The fourth-order valence-electron chi connectivity index (χ4n) is 5.02. The summed E-state index contributed by atoms with van der Waals surface area (Å²) in [7, 11) is -7.82. The Morgan fingerprint density at radius 3 is 1.63 bits per heavy atom. The Hall–Kier alpha value is -3.00. The van der Waals surface area contributed by atoms with Crippen molar-refractivity contribution in [3.05, 3.63) is 96.1 Å². The Labute approximate surface area is 206 Å². The molecule has 0 radical (unpaired) electrons. The quantitative estimate of drug-likeness (QED) is 0.350. The van der Waals surface area contributed by atoms with E-state index < -0.39 is 19.7 Å². The lowest BCUT2D eigenvalue weighted by atomic mass is 9.87. The Balaban J connectivity index is 1.90. The molecule has 0 saturated carbocycles. The molecule has 5 nitrogen and oxygen atoms in total. The third kappa shape index (κ3) is 4.07. The highest BCUT2D eigenvalue weighted by Gasteiger charge is 2.36. The number of benzene rings is 4. The van der Waals surface area contributed by atoms with Crippen LogP contribution in [0.15, 0.2) is 105 Å². The number of hydrogen-bond acceptors (Lipinski definition) is 5. The van der Waals surface area contributed by atoms with E-state index in [1.807, 2.05) is 6.92 Å². The molecule has 1 atom stereocenters. The summed E-state index contributed by atoms with van der Waals surface area (Å²) in [6, 6.07) is 23.6. The van der Waals surface area contributed by atoms with Crippen LogP contribution in [-0.4, -0.2) is 29.5 Å². The van der Waals surface area contributed by atoms with Crippen LogP contribution in [-0.2, 0) is 37.3 Å². The highest BCUT2D eigenvalue weighted by atomic mass is 32.2. The van der Waals surface area contributed by atoms with Gasteiger partial charge in [-0.25, -0.2) is 16.8 Å². The molecule has 0 fully saturated rings. The van der Waals surface area contributed by atoms with Gasteiger partial charge in [-0.05, 0) is 55.2 Å². The second-order valence-electron chi connectivity index (χ2n) is 8.61. The SMILES string of the molecule is CCOC1CCc2c(c(S(=O)(=O)c3ccccc3)c3ccccc3c2S(=O)(=O)c2ccccc2)C1. The smallest absolute Gasteiger partial charge is 0.207 e. The number of sulfone groups is 2. The van der Waals surface area contributed by atoms with E-state index >= 15 is 0 Å². The van der Waals surface area contributed by atoms with Crippen LogP contribution in [0.1, 0.15) is 24.5 Å². The molecule has 0 heterocycles. The van der Waals surface area contributed by atoms with E-state index in [9.17, 15) is 16.8 Å². The maximum Gasteiger partial charge on any atom is 0.207 e. The normalized spacial score (nSPS) is 16.2. The number of rotatable bonds is 6. The first-order valence-corrected chi connectivity index (χ1v) is 14.6. The molecule has 35 heavy (non-hydrogen) atoms. The van der Waals surface area contributed by atoms with Gasteiger partial charge in [-0.2, -0.15) is 0 Å². The third-order valence-corrected chi connectivity index (χ3v) is 10.3. The van der Waals surface area contributed by atoms with E-state index in [0.717, 1.165) is 0 Å². The van der Waals surface area contributed by atoms with Gasteiger partial charge in [-0.1, -0.05) is 60.7 Å². The zero-order valence-corrected chi connectivity index (χ0v) is 21.0. The van der Waals surface area contributed by atoms with E-state index in [1.165, 1.54) is 0 Å². The van der Waals surface area contributed by atoms with E-state index in [0.29, 0.717) is 47.8 Å². The second-order valence-corrected chi connectivity index (χ2v) is 12.4. The summed E-state index contributed by atoms with van der Waals surface area (Å²) in [5.41, 5.74) is 1.13. The predicted octanol–water partition coefficient (Wildman–Crippen LogP) is 5.40. The minimum atomic E-state index is -3.92. The monoisotopic (exact) mass is 506 g/mol. The number of ether oxygens (including phenoxy) is 1. The second kappa shape index (κ2) is 9.22. The molecule has 5 rings (SSSR count). The standard InChI is InChI=1S/C28H26O5S2/c1-2-33-20-17-18-25-26(19-20)28(35(31,32)22-13-7-4-8-14-22)24-16-10-9-15-23(24)27(25)34(29,30)21-11-5-3-6-12-21/h3-16,20H,2,17-19H2,1H3. The molecule has 4 aromatic carbocycles. The first-order valence-electron chi connectivity index (χ1n) is 11.6. The van der Waals surface area contributed by atoms with Crippen molar-refractivity contribution in [1.29, 1.82) is 0 Å². The van der Waals surface area contributed by atoms with Crippen molar-refractivity contribution < 1.29 is 21.6 Å². The zero-order valence-electron chi connectivity index (χ0n) is 19.3. The van der Waals surface area contributed by atoms with Gasteiger partial charge >= 0.3 is 0 Å². The largest absolute Gasteiger partial charge is 0.378 e. The van der Waals surface area contributed by atoms with Crippen molar-refractivity contribution in [1.82, 2.24) is 0 Å². The lowest BCUT2D eigenvalue weighted by Gasteiger charge is -2.30. The molecule has 4 aromatic rings. The number of hydrogen-bond donors (Lipinski definition) is 0. The fourth-order valence-corrected chi connectivity index (χ4v) is 8.54. The molecular formula is C28H26O5S2. The summed E-state index contributed by atoms with van der Waals surface area (Å²) in [6.45, 7) is 2.41. The van der Waals surface area contributed by atoms with E-state index in [1.54, 1.807) is 84.9 Å². The first kappa shape index (κ1) is 23.7. The van der Waals surface area contributed by atoms with Crippen LogP contribution in [0.25, 0.3) is 10.8 Å². The van der Waals surface area contributed by atoms with Gasteiger partial charge in [0.1, 0.15) is 0 Å². The van der Waals surface area contributed by atoms with Crippen molar-refractivity contribution in [2.75, 3.05) is 6.61 Å². The third-order valence-electron chi connectivity index (χ3n) is 6.52. The summed E-state index contributed by atoms with van der Waals surface area (Å²) < 4.78 is 61.9. The molecule has 0 spiro atoms. The van der Waals surface area contributed by atoms with Gasteiger partial charge in [-0.3, -0.25) is 0 Å². The van der Waals surface area contributed by atoms with Crippen molar-refractivity contribution in [2.24, 2.45) is 0 Å². The van der Waals surface area contributed by atoms with Gasteiger partial charge in [-0.15, -0.1) is 0 Å². The minimum absolute atomic E-state index is 0.175. The van der Waals surface area contributed by atoms with E-state index in [4.69, 9.17) is 4.74 Å². The Kier molecular flexibility index (Phi) is 6.25. The van der Waals surface area contributed by atoms with Crippen molar-refractivity contribution in [2.45, 2.75) is 51.9 Å². The molecule has 180 valence electrons. The summed E-state index contributed by atoms with van der Waals surface area (Å²) in [5.74, 6) is 0. The van der Waals surface area contributed by atoms with Crippen LogP contribution in [0.3, 0.4) is 0 Å². The predicted molar refractivity (Wildman–Crippen MR) is 135 cm³/mol. The van der Waals surface area contributed by atoms with Gasteiger partial charge in [0, 0.05) is 23.8 Å². The van der Waals surface area contributed by atoms with Crippen LogP contribution in [0.2, 0.25) is 0 Å². The molecule has 0 bridgehead atoms. The molecule has 1 aliphatic carbocycles. The molecule has 7 heteroatoms. The van der Waals surface area contributed by atoms with Crippen LogP contribution in [0.4, 0.5) is 0 Å². The highest BCUT2D eigenvalue weighted by molar-refractivity contribution is 7.92. The maximum absolute atomic E-state index is 14.0. The van der Waals surface area contributed by atoms with Crippen LogP contribution < -0.4 is 0 Å². The summed E-state index contributed by atoms with van der Waals surface area (Å²) in [4.78, 5) is 0.768. The Bertz CT molecular complexity index is 1590. The van der Waals surface area contributed by atoms with Crippen molar-refractivity contribution >= 4 is 30.4 Å². The average Bonchev–Trinajstić information content (AvgIpc) is 2.88. The van der Waals surface area contributed by atoms with Crippen LogP contribution in [0.5, 0.6) is 0 Å². The molecule has 0 amide bonds. The molecule has 0 N–H and O–H groups in total. The van der Waals surface area contributed by atoms with E-state index in [2.05, 4.69) is 0 Å². The van der Waals surface area contributed by atoms with Gasteiger partial charge in [0.2, 0.25) is 19.7 Å². The fraction of sp³-hybridized carbons (Fsp3) is 0.214. The molecule has 0 aromatic heterocycles. The van der Waals surface area contributed by atoms with Gasteiger partial charge in [0.25, 0.3) is 0 Å². The van der Waals surface area contributed by atoms with Crippen LogP contribution in [0, 0.1) is 0 Å². The molecule has 1 aliphatic rings. The molecule has 1 unspecified atom stereocenters. The van der Waals surface area contributed by atoms with E-state index in [-0.39, 0.29) is 25.7 Å². The van der Waals surface area contributed by atoms with Gasteiger partial charge in [0.05, 0.1) is 25.7 Å². The summed E-state index contributed by atoms with van der Waals surface area (Å²) in [5, 5.41) is 0.848. The average molecular weight is 507 g/mol. The molecule has 0 saturated heterocycles. The van der Waals surface area contributed by atoms with Crippen molar-refractivity contribution in [3.8, 4) is 0 Å². The summed E-state index contributed by atoms with van der Waals surface area (Å²) >= 11 is 0. The van der Waals surface area contributed by atoms with Gasteiger partial charge < -0.3 is 4.74 Å². The van der Waals surface area contributed by atoms with Crippen LogP contribution >= 0.6 is 0 Å². The molecular weight excluding hydrogens is 480 g/mol. The van der Waals surface area contributed by atoms with Crippen molar-refractivity contribution in [3.63, 3.8) is 0 Å². The maximum atomic E-state index is 14.0. The number of fused-ring (bicyclic) bond motifs is 2. The lowest BCUT2D eigenvalue weighted by Crippen LogP contribution is -2.26.